The molecule has 0 bridgehead atoms. The lowest BCUT2D eigenvalue weighted by molar-refractivity contribution is 0.102. The number of ketones is 1. The Morgan fingerprint density at radius 3 is 1.27 bits per heavy atom. The van der Waals surface area contributed by atoms with Crippen LogP contribution >= 0.6 is 22.7 Å². The van der Waals surface area contributed by atoms with E-state index in [9.17, 15) is 4.79 Å². The molecule has 10 heterocycles. The quantitative estimate of drug-likeness (QED) is 0.147. The zero-order chi connectivity index (χ0) is 84.2. The third kappa shape index (κ3) is 38.9. The Hall–Kier alpha value is -8.16. The molecular formula is C90H144N14O3S2. The number of nitrogens with one attached hydrogen (secondary N) is 2. The summed E-state index contributed by atoms with van der Waals surface area (Å²) in [5, 5.41) is 28.8. The predicted molar refractivity (Wildman–Crippen MR) is 462 cm³/mol. The van der Waals surface area contributed by atoms with Gasteiger partial charge in [-0.25, -0.2) is 15.0 Å². The van der Waals surface area contributed by atoms with Gasteiger partial charge in [0.15, 0.2) is 11.7 Å². The van der Waals surface area contributed by atoms with Crippen molar-refractivity contribution in [1.82, 2.24) is 69.6 Å². The van der Waals surface area contributed by atoms with E-state index in [-0.39, 0.29) is 59.9 Å². The molecule has 2 N–H and O–H groups in total. The van der Waals surface area contributed by atoms with Gasteiger partial charge in [0, 0.05) is 131 Å². The van der Waals surface area contributed by atoms with Gasteiger partial charge in [0.1, 0.15) is 12.0 Å². The van der Waals surface area contributed by atoms with Crippen LogP contribution in [0.25, 0.3) is 0 Å². The van der Waals surface area contributed by atoms with Crippen molar-refractivity contribution in [2.75, 3.05) is 0 Å². The van der Waals surface area contributed by atoms with E-state index in [0.717, 1.165) is 22.2 Å². The number of thiazole rings is 1. The molecule has 0 amide bonds. The first-order valence-electron chi connectivity index (χ1n) is 37.7. The molecule has 10 aromatic heterocycles. The average molecular weight is 1530 g/mol. The standard InChI is InChI=1S/C10H14OS.C10H14.C9H15NO.C9H13N.3C8H14N2.2C7H12N2.C7H11NO.C7H11NS/c1-7(11)8-5-6-9(12-8)10(2,3)4;1-10(2,3)9-7-5-4-6-8-9;1-6-8(9(3,4)5)7(2)11-10-6;1-9(2,3)8-5-4-6-10-7-8;1-8(2,3)7-5-9-6-10(7)4;1-8(2,3)7-5-9-10(4)6-7;1-8(2,3)7-5-6-9-10(7)4;1-7(2,3)6-4-8-9-5-6;1-7(2,3)6-4-5-8-9-6;2*1-7(2,3)6-8-4-5-9-6/h5-6H,1-4H3;4-8H,1-3H3;1-5H3;4-7H,1-3H3;3*5-6H,1-4H3;2*4-5H,1-3H3,(H,8,9);2*4-5H,1-3H3. The first kappa shape index (κ1) is 98.8. The van der Waals surface area contributed by atoms with Crippen LogP contribution in [0.5, 0.6) is 0 Å². The molecule has 0 aliphatic carbocycles. The molecule has 604 valence electrons. The summed E-state index contributed by atoms with van der Waals surface area (Å²) in [4.78, 5) is 29.5. The number of Topliss-reactive ketones (excluding diaryl/α,β-unsaturated/α-hetero) is 1. The second-order valence-corrected chi connectivity index (χ2v) is 40.5. The monoisotopic (exact) mass is 1530 g/mol. The van der Waals surface area contributed by atoms with Gasteiger partial charge < -0.3 is 13.5 Å². The van der Waals surface area contributed by atoms with Crippen molar-refractivity contribution in [3.05, 3.63) is 230 Å². The minimum absolute atomic E-state index is 0.0451. The van der Waals surface area contributed by atoms with E-state index >= 15 is 0 Å². The third-order valence-corrected chi connectivity index (χ3v) is 19.0. The summed E-state index contributed by atoms with van der Waals surface area (Å²) in [7, 11) is 5.93. The Kier molecular flexibility index (Phi) is 38.4. The molecule has 109 heavy (non-hydrogen) atoms. The number of hydrogen-bond donors (Lipinski definition) is 2. The molecule has 19 heteroatoms. The van der Waals surface area contributed by atoms with E-state index in [2.05, 4.69) is 337 Å². The highest BCUT2D eigenvalue weighted by atomic mass is 32.1. The molecule has 17 nitrogen and oxygen atoms in total. The number of aromatic amines is 2. The molecule has 0 atom stereocenters. The van der Waals surface area contributed by atoms with E-state index in [4.69, 9.17) is 8.94 Å². The van der Waals surface area contributed by atoms with Gasteiger partial charge in [0.25, 0.3) is 0 Å². The van der Waals surface area contributed by atoms with Crippen LogP contribution < -0.4 is 0 Å². The molecule has 0 unspecified atom stereocenters. The zero-order valence-corrected chi connectivity index (χ0v) is 76.5. The van der Waals surface area contributed by atoms with Crippen LogP contribution in [-0.2, 0) is 80.7 Å². The van der Waals surface area contributed by atoms with E-state index in [1.54, 1.807) is 54.5 Å². The molecule has 0 saturated carbocycles. The highest BCUT2D eigenvalue weighted by Gasteiger charge is 2.24. The van der Waals surface area contributed by atoms with E-state index in [0.29, 0.717) is 5.41 Å². The van der Waals surface area contributed by atoms with Gasteiger partial charge in [0.2, 0.25) is 0 Å². The lowest BCUT2D eigenvalue weighted by Crippen LogP contribution is -2.16. The molecular weight excluding hydrogens is 1390 g/mol. The van der Waals surface area contributed by atoms with Gasteiger partial charge in [-0.15, -0.1) is 22.7 Å². The summed E-state index contributed by atoms with van der Waals surface area (Å²) in [6.45, 7) is 77.1. The number of oxazole rings is 1. The van der Waals surface area contributed by atoms with Gasteiger partial charge >= 0.3 is 0 Å². The summed E-state index contributed by atoms with van der Waals surface area (Å²) in [5.74, 6) is 1.90. The Labute approximate surface area is 667 Å². The van der Waals surface area contributed by atoms with Crippen molar-refractivity contribution in [2.24, 2.45) is 21.1 Å². The SMILES string of the molecule is CC(=O)c1ccc(C(C)(C)C)s1.CC(C)(C)c1ccccc1.CC(C)(C)c1cccnc1.CC(C)(C)c1ccn[nH]1.CC(C)(C)c1cn[nH]c1.CC(C)(C)c1ncco1.CC(C)(C)c1nccs1.Cc1noc(C)c1C(C)(C)C.Cn1cc(C(C)(C)C)cn1.Cn1cncc1C(C)(C)C.Cn1nccc1C(C)(C)C. The molecule has 0 radical (unpaired) electrons. The second kappa shape index (κ2) is 42.3. The number of thiophene rings is 1. The van der Waals surface area contributed by atoms with Crippen molar-refractivity contribution in [3.8, 4) is 0 Å². The molecule has 11 aromatic rings. The first-order chi connectivity index (χ1) is 49.5. The van der Waals surface area contributed by atoms with E-state index < -0.39 is 0 Å². The fourth-order valence-electron chi connectivity index (χ4n) is 9.75. The maximum absolute atomic E-state index is 11.0. The number of hydrogen-bond acceptors (Lipinski definition) is 14. The van der Waals surface area contributed by atoms with Gasteiger partial charge in [-0.05, 0) is 106 Å². The van der Waals surface area contributed by atoms with Gasteiger partial charge in [-0.3, -0.25) is 29.3 Å². The van der Waals surface area contributed by atoms with Crippen molar-refractivity contribution in [3.63, 3.8) is 0 Å². The van der Waals surface area contributed by atoms with Crippen LogP contribution in [0.1, 0.15) is 317 Å². The zero-order valence-electron chi connectivity index (χ0n) is 74.8. The fraction of sp³-hybridized carbons (Fsp3) is 0.556. The Morgan fingerprint density at radius 1 is 0.468 bits per heavy atom. The molecule has 1 aromatic carbocycles. The predicted octanol–water partition coefficient (Wildman–Crippen LogP) is 24.2. The number of pyridine rings is 1. The summed E-state index contributed by atoms with van der Waals surface area (Å²) in [6, 6.07) is 22.6. The molecule has 0 aliphatic rings. The topological polar surface area (TPSA) is 206 Å². The maximum Gasteiger partial charge on any atom is 0.199 e. The van der Waals surface area contributed by atoms with Crippen LogP contribution in [0.4, 0.5) is 0 Å². The smallest absolute Gasteiger partial charge is 0.199 e. The molecule has 0 saturated heterocycles. The normalized spacial score (nSPS) is 11.8. The molecule has 0 aliphatic heterocycles. The highest BCUT2D eigenvalue weighted by Crippen LogP contribution is 2.32. The number of carbonyl (C=O) groups is 1. The third-order valence-electron chi connectivity index (χ3n) is 16.2. The Morgan fingerprint density at radius 2 is 1.04 bits per heavy atom. The molecule has 0 fully saturated rings. The number of rotatable bonds is 1. The number of aromatic nitrogens is 14. The van der Waals surface area contributed by atoms with Crippen molar-refractivity contribution in [1.29, 1.82) is 0 Å². The first-order valence-corrected chi connectivity index (χ1v) is 39.4. The van der Waals surface area contributed by atoms with Gasteiger partial charge in [-0.1, -0.05) is 270 Å². The summed E-state index contributed by atoms with van der Waals surface area (Å²) in [6.07, 6.45) is 24.0. The summed E-state index contributed by atoms with van der Waals surface area (Å²) in [5.41, 5.74) is 13.4. The highest BCUT2D eigenvalue weighted by molar-refractivity contribution is 7.14. The molecule has 11 rings (SSSR count). The number of H-pyrrole nitrogens is 2. The number of benzene rings is 1. The minimum atomic E-state index is 0.0451. The van der Waals surface area contributed by atoms with Crippen molar-refractivity contribution < 1.29 is 13.7 Å². The van der Waals surface area contributed by atoms with Crippen molar-refractivity contribution >= 4 is 28.5 Å². The number of nitrogens with zero attached hydrogens (tertiary/aromatic N) is 12. The van der Waals surface area contributed by atoms with Crippen LogP contribution in [0.15, 0.2) is 162 Å². The van der Waals surface area contributed by atoms with Crippen LogP contribution in [0, 0.1) is 13.8 Å². The summed E-state index contributed by atoms with van der Waals surface area (Å²) < 4.78 is 16.0. The minimum Gasteiger partial charge on any atom is -0.448 e. The lowest BCUT2D eigenvalue weighted by atomic mass is 9.86. The lowest BCUT2D eigenvalue weighted by Gasteiger charge is -2.18. The van der Waals surface area contributed by atoms with Crippen LogP contribution in [-0.4, -0.2) is 75.4 Å². The second-order valence-electron chi connectivity index (χ2n) is 38.5. The van der Waals surface area contributed by atoms with Crippen LogP contribution in [0.2, 0.25) is 0 Å². The van der Waals surface area contributed by atoms with Gasteiger partial charge in [-0.2, -0.15) is 20.4 Å². The number of imidazole rings is 1. The average Bonchev–Trinajstić information content (AvgIpc) is 1.69. The number of aryl methyl sites for hydroxylation is 5. The Bertz CT molecular complexity index is 3870. The fourth-order valence-corrected chi connectivity index (χ4v) is 11.4. The Balaban J connectivity index is 0.000000600. The van der Waals surface area contributed by atoms with Gasteiger partial charge in [0.05, 0.1) is 40.5 Å². The number of carbonyl (C=O) groups excluding carboxylic acids is 1. The van der Waals surface area contributed by atoms with E-state index in [1.807, 2.05) is 124 Å². The summed E-state index contributed by atoms with van der Waals surface area (Å²) >= 11 is 3.32. The maximum atomic E-state index is 11.0. The largest absolute Gasteiger partial charge is 0.448 e. The van der Waals surface area contributed by atoms with E-state index in [1.165, 1.54) is 54.8 Å². The van der Waals surface area contributed by atoms with Crippen LogP contribution in [0.3, 0.4) is 0 Å². The molecule has 0 spiro atoms. The van der Waals surface area contributed by atoms with Crippen molar-refractivity contribution in [2.45, 2.75) is 309 Å².